The van der Waals surface area contributed by atoms with Crippen LogP contribution in [0.15, 0.2) is 12.4 Å². The third kappa shape index (κ3) is 3.88. The van der Waals surface area contributed by atoms with Crippen molar-refractivity contribution in [2.75, 3.05) is 6.61 Å². The second kappa shape index (κ2) is 7.09. The van der Waals surface area contributed by atoms with Crippen LogP contribution in [0.25, 0.3) is 0 Å². The van der Waals surface area contributed by atoms with Gasteiger partial charge in [0.2, 0.25) is 0 Å². The van der Waals surface area contributed by atoms with E-state index in [9.17, 15) is 4.79 Å². The lowest BCUT2D eigenvalue weighted by molar-refractivity contribution is -0.148. The van der Waals surface area contributed by atoms with Gasteiger partial charge >= 0.3 is 5.97 Å². The molecule has 0 spiro atoms. The van der Waals surface area contributed by atoms with E-state index in [1.807, 2.05) is 20.0 Å². The fraction of sp³-hybridized carbons (Fsp3) is 0.692. The Morgan fingerprint density at radius 3 is 2.82 bits per heavy atom. The van der Waals surface area contributed by atoms with Crippen LogP contribution in [0.5, 0.6) is 0 Å². The van der Waals surface area contributed by atoms with E-state index >= 15 is 0 Å². The van der Waals surface area contributed by atoms with Crippen LogP contribution in [-0.2, 0) is 22.5 Å². The summed E-state index contributed by atoms with van der Waals surface area (Å²) in [5, 5.41) is 0. The number of nitrogens with zero attached hydrogens (tertiary/aromatic N) is 2. The molecule has 0 fully saturated rings. The quantitative estimate of drug-likeness (QED) is 0.685. The molecule has 0 bridgehead atoms. The molecule has 0 aromatic carbocycles. The fourth-order valence-corrected chi connectivity index (χ4v) is 1.85. The molecule has 1 atom stereocenters. The molecule has 96 valence electrons. The summed E-state index contributed by atoms with van der Waals surface area (Å²) < 4.78 is 7.18. The van der Waals surface area contributed by atoms with Gasteiger partial charge in [-0.1, -0.05) is 13.8 Å². The molecular weight excluding hydrogens is 216 g/mol. The molecule has 17 heavy (non-hydrogen) atoms. The van der Waals surface area contributed by atoms with Crippen molar-refractivity contribution in [2.24, 2.45) is 5.92 Å². The Kier molecular flexibility index (Phi) is 5.73. The predicted octanol–water partition coefficient (Wildman–Crippen LogP) is 2.42. The monoisotopic (exact) mass is 238 g/mol. The lowest BCUT2D eigenvalue weighted by Gasteiger charge is -2.14. The highest BCUT2D eigenvalue weighted by atomic mass is 16.5. The van der Waals surface area contributed by atoms with Gasteiger partial charge in [-0.25, -0.2) is 4.98 Å². The minimum Gasteiger partial charge on any atom is -0.466 e. The van der Waals surface area contributed by atoms with E-state index in [0.717, 1.165) is 25.2 Å². The summed E-state index contributed by atoms with van der Waals surface area (Å²) in [6.45, 7) is 7.37. The Morgan fingerprint density at radius 2 is 2.24 bits per heavy atom. The first-order valence-electron chi connectivity index (χ1n) is 6.39. The lowest BCUT2D eigenvalue weighted by Crippen LogP contribution is -2.21. The number of aromatic nitrogens is 2. The third-order valence-electron chi connectivity index (χ3n) is 2.81. The standard InChI is InChI=1S/C13H22N2O2/c1-4-8-15-9-7-14-12(15)10-11(5-2)13(16)17-6-3/h7,9,11H,4-6,8,10H2,1-3H3. The van der Waals surface area contributed by atoms with Crippen molar-refractivity contribution in [3.63, 3.8) is 0 Å². The molecule has 1 unspecified atom stereocenters. The second-order valence-electron chi connectivity index (χ2n) is 4.10. The molecule has 0 N–H and O–H groups in total. The predicted molar refractivity (Wildman–Crippen MR) is 66.6 cm³/mol. The maximum atomic E-state index is 11.7. The fourth-order valence-electron chi connectivity index (χ4n) is 1.85. The summed E-state index contributed by atoms with van der Waals surface area (Å²) in [6, 6.07) is 0. The van der Waals surface area contributed by atoms with Gasteiger partial charge in [0.25, 0.3) is 0 Å². The first kappa shape index (κ1) is 13.7. The highest BCUT2D eigenvalue weighted by molar-refractivity contribution is 5.72. The molecule has 0 aliphatic carbocycles. The summed E-state index contributed by atoms with van der Waals surface area (Å²) in [6.07, 6.45) is 6.29. The van der Waals surface area contributed by atoms with Crippen LogP contribution in [0.3, 0.4) is 0 Å². The number of imidazole rings is 1. The molecule has 4 heteroatoms. The highest BCUT2D eigenvalue weighted by Gasteiger charge is 2.20. The van der Waals surface area contributed by atoms with Gasteiger partial charge in [-0.3, -0.25) is 4.79 Å². The molecule has 1 aromatic rings. The van der Waals surface area contributed by atoms with Crippen LogP contribution in [0.4, 0.5) is 0 Å². The van der Waals surface area contributed by atoms with Gasteiger partial charge in [-0.05, 0) is 19.8 Å². The Morgan fingerprint density at radius 1 is 1.47 bits per heavy atom. The number of carbonyl (C=O) groups excluding carboxylic acids is 1. The summed E-state index contributed by atoms with van der Waals surface area (Å²) in [7, 11) is 0. The summed E-state index contributed by atoms with van der Waals surface area (Å²) >= 11 is 0. The molecule has 1 aromatic heterocycles. The molecule has 0 saturated heterocycles. The van der Waals surface area contributed by atoms with Crippen molar-refractivity contribution in [1.82, 2.24) is 9.55 Å². The van der Waals surface area contributed by atoms with Gasteiger partial charge in [0.05, 0.1) is 12.5 Å². The normalized spacial score (nSPS) is 12.4. The number of hydrogen-bond acceptors (Lipinski definition) is 3. The highest BCUT2D eigenvalue weighted by Crippen LogP contribution is 2.13. The molecule has 0 aliphatic rings. The van der Waals surface area contributed by atoms with Crippen LogP contribution < -0.4 is 0 Å². The largest absolute Gasteiger partial charge is 0.466 e. The van der Waals surface area contributed by atoms with E-state index in [1.54, 1.807) is 6.20 Å². The first-order chi connectivity index (χ1) is 8.22. The van der Waals surface area contributed by atoms with Crippen LogP contribution >= 0.6 is 0 Å². The Bertz CT molecular complexity index is 347. The molecule has 0 saturated carbocycles. The van der Waals surface area contributed by atoms with Crippen molar-refractivity contribution in [3.8, 4) is 0 Å². The number of ether oxygens (including phenoxy) is 1. The zero-order valence-corrected chi connectivity index (χ0v) is 11.0. The molecule has 0 aliphatic heterocycles. The van der Waals surface area contributed by atoms with Gasteiger partial charge in [-0.15, -0.1) is 0 Å². The number of aryl methyl sites for hydroxylation is 1. The minimum atomic E-state index is -0.110. The Balaban J connectivity index is 2.66. The van der Waals surface area contributed by atoms with E-state index in [-0.39, 0.29) is 11.9 Å². The van der Waals surface area contributed by atoms with Gasteiger partial charge < -0.3 is 9.30 Å². The molecule has 1 rings (SSSR count). The number of hydrogen-bond donors (Lipinski definition) is 0. The van der Waals surface area contributed by atoms with E-state index in [1.165, 1.54) is 0 Å². The first-order valence-corrected chi connectivity index (χ1v) is 6.39. The van der Waals surface area contributed by atoms with E-state index in [0.29, 0.717) is 13.0 Å². The maximum absolute atomic E-state index is 11.7. The summed E-state index contributed by atoms with van der Waals surface area (Å²) in [4.78, 5) is 16.0. The Labute approximate surface area is 103 Å². The Hall–Kier alpha value is -1.32. The van der Waals surface area contributed by atoms with E-state index < -0.39 is 0 Å². The van der Waals surface area contributed by atoms with Gasteiger partial charge in [0, 0.05) is 25.4 Å². The zero-order valence-electron chi connectivity index (χ0n) is 11.0. The maximum Gasteiger partial charge on any atom is 0.309 e. The number of rotatable bonds is 7. The smallest absolute Gasteiger partial charge is 0.309 e. The molecular formula is C13H22N2O2. The van der Waals surface area contributed by atoms with Crippen molar-refractivity contribution in [1.29, 1.82) is 0 Å². The van der Waals surface area contributed by atoms with Crippen LogP contribution in [0.2, 0.25) is 0 Å². The van der Waals surface area contributed by atoms with Gasteiger partial charge in [-0.2, -0.15) is 0 Å². The van der Waals surface area contributed by atoms with Crippen molar-refractivity contribution in [2.45, 2.75) is 46.6 Å². The average Bonchev–Trinajstić information content (AvgIpc) is 2.74. The lowest BCUT2D eigenvalue weighted by atomic mass is 10.0. The number of esters is 1. The summed E-state index contributed by atoms with van der Waals surface area (Å²) in [5.74, 6) is 0.792. The summed E-state index contributed by atoms with van der Waals surface area (Å²) in [5.41, 5.74) is 0. The van der Waals surface area contributed by atoms with Gasteiger partial charge in [0.1, 0.15) is 5.82 Å². The average molecular weight is 238 g/mol. The minimum absolute atomic E-state index is 0.0760. The van der Waals surface area contributed by atoms with Crippen LogP contribution in [-0.4, -0.2) is 22.1 Å². The van der Waals surface area contributed by atoms with E-state index in [4.69, 9.17) is 4.74 Å². The molecule has 4 nitrogen and oxygen atoms in total. The van der Waals surface area contributed by atoms with Crippen molar-refractivity contribution < 1.29 is 9.53 Å². The molecule has 0 radical (unpaired) electrons. The molecule has 0 amide bonds. The zero-order chi connectivity index (χ0) is 12.7. The van der Waals surface area contributed by atoms with E-state index in [2.05, 4.69) is 16.5 Å². The van der Waals surface area contributed by atoms with Gasteiger partial charge in [0.15, 0.2) is 0 Å². The molecule has 1 heterocycles. The third-order valence-corrected chi connectivity index (χ3v) is 2.81. The topological polar surface area (TPSA) is 44.1 Å². The second-order valence-corrected chi connectivity index (χ2v) is 4.10. The van der Waals surface area contributed by atoms with Crippen molar-refractivity contribution >= 4 is 5.97 Å². The van der Waals surface area contributed by atoms with Crippen LogP contribution in [0.1, 0.15) is 39.4 Å². The van der Waals surface area contributed by atoms with Crippen LogP contribution in [0, 0.1) is 5.92 Å². The number of carbonyl (C=O) groups is 1. The van der Waals surface area contributed by atoms with Crippen molar-refractivity contribution in [3.05, 3.63) is 18.2 Å². The SMILES string of the molecule is CCCn1ccnc1CC(CC)C(=O)OCC.